The molecule has 0 saturated heterocycles. The Morgan fingerprint density at radius 3 is 2.18 bits per heavy atom. The summed E-state index contributed by atoms with van der Waals surface area (Å²) in [5.74, 6) is -2.17. The third-order valence-corrected chi connectivity index (χ3v) is 4.64. The Hall–Kier alpha value is -1.15. The second kappa shape index (κ2) is 5.97. The van der Waals surface area contributed by atoms with E-state index in [0.29, 0.717) is 4.31 Å². The van der Waals surface area contributed by atoms with E-state index in [0.717, 1.165) is 21.1 Å². The molecule has 2 unspecified atom stereocenters. The van der Waals surface area contributed by atoms with Gasteiger partial charge in [-0.05, 0) is 13.3 Å². The van der Waals surface area contributed by atoms with Gasteiger partial charge in [0.05, 0.1) is 7.11 Å². The Morgan fingerprint density at radius 2 is 1.88 bits per heavy atom. The lowest BCUT2D eigenvalue weighted by Crippen LogP contribution is -2.47. The van der Waals surface area contributed by atoms with Gasteiger partial charge >= 0.3 is 11.9 Å². The fourth-order valence-electron chi connectivity index (χ4n) is 1.30. The van der Waals surface area contributed by atoms with Gasteiger partial charge in [-0.2, -0.15) is 4.31 Å². The molecular weight excluding hydrogens is 250 g/mol. The van der Waals surface area contributed by atoms with Crippen LogP contribution in [0.5, 0.6) is 0 Å². The van der Waals surface area contributed by atoms with Crippen LogP contribution in [0.25, 0.3) is 0 Å². The van der Waals surface area contributed by atoms with Gasteiger partial charge in [0.1, 0.15) is 6.04 Å². The number of carboxylic acids is 1. The first kappa shape index (κ1) is 15.9. The molecule has 0 bridgehead atoms. The minimum absolute atomic E-state index is 0.110. The number of carboxylic acid groups (broad SMARTS) is 1. The summed E-state index contributed by atoms with van der Waals surface area (Å²) in [6, 6.07) is -1.19. The normalized spacial score (nSPS) is 15.4. The fraction of sp³-hybridized carbons (Fsp3) is 0.778. The number of rotatable bonds is 6. The first-order valence-electron chi connectivity index (χ1n) is 4.97. The van der Waals surface area contributed by atoms with Crippen molar-refractivity contribution in [3.63, 3.8) is 0 Å². The molecule has 0 saturated carbocycles. The Balaban J connectivity index is 5.18. The third kappa shape index (κ3) is 3.40. The first-order valence-corrected chi connectivity index (χ1v) is 6.47. The molecule has 0 aliphatic carbocycles. The van der Waals surface area contributed by atoms with Crippen molar-refractivity contribution < 1.29 is 27.9 Å². The minimum atomic E-state index is -4.03. The van der Waals surface area contributed by atoms with Gasteiger partial charge in [-0.25, -0.2) is 8.42 Å². The molecule has 0 heterocycles. The highest BCUT2D eigenvalue weighted by Gasteiger charge is 2.38. The van der Waals surface area contributed by atoms with Crippen LogP contribution in [0.4, 0.5) is 0 Å². The zero-order valence-corrected chi connectivity index (χ0v) is 11.0. The predicted octanol–water partition coefficient (Wildman–Crippen LogP) is -0.327. The minimum Gasteiger partial charge on any atom is -0.480 e. The summed E-state index contributed by atoms with van der Waals surface area (Å²) in [7, 11) is -1.82. The Morgan fingerprint density at radius 1 is 1.41 bits per heavy atom. The topological polar surface area (TPSA) is 101 Å². The van der Waals surface area contributed by atoms with Gasteiger partial charge in [0, 0.05) is 7.05 Å². The highest BCUT2D eigenvalue weighted by atomic mass is 32.2. The molecule has 0 aromatic rings. The first-order chi connectivity index (χ1) is 7.69. The van der Waals surface area contributed by atoms with Crippen LogP contribution in [0, 0.1) is 0 Å². The SMILES string of the molecule is CCC(C(=O)O)N(C)S(=O)(=O)C(C)C(=O)OC. The summed E-state index contributed by atoms with van der Waals surface area (Å²) in [5, 5.41) is 7.44. The van der Waals surface area contributed by atoms with Gasteiger partial charge in [-0.1, -0.05) is 6.92 Å². The molecule has 8 heteroatoms. The number of hydrogen-bond donors (Lipinski definition) is 1. The summed E-state index contributed by atoms with van der Waals surface area (Å²) < 4.78 is 28.8. The maximum absolute atomic E-state index is 11.9. The van der Waals surface area contributed by atoms with Crippen molar-refractivity contribution in [1.29, 1.82) is 0 Å². The molecule has 0 aromatic carbocycles. The van der Waals surface area contributed by atoms with Gasteiger partial charge in [0.2, 0.25) is 10.0 Å². The number of hydrogen-bond acceptors (Lipinski definition) is 5. The Labute approximate surface area is 100 Å². The summed E-state index contributed by atoms with van der Waals surface area (Å²) >= 11 is 0. The molecule has 17 heavy (non-hydrogen) atoms. The smallest absolute Gasteiger partial charge is 0.325 e. The highest BCUT2D eigenvalue weighted by Crippen LogP contribution is 2.14. The maximum Gasteiger partial charge on any atom is 0.325 e. The number of sulfonamides is 1. The van der Waals surface area contributed by atoms with E-state index in [1.807, 2.05) is 0 Å². The number of carbonyl (C=O) groups excluding carboxylic acids is 1. The number of likely N-dealkylation sites (N-methyl/N-ethyl adjacent to an activating group) is 1. The average molecular weight is 267 g/mol. The van der Waals surface area contributed by atoms with E-state index in [-0.39, 0.29) is 6.42 Å². The van der Waals surface area contributed by atoms with E-state index in [1.165, 1.54) is 0 Å². The van der Waals surface area contributed by atoms with Gasteiger partial charge < -0.3 is 9.84 Å². The average Bonchev–Trinajstić information content (AvgIpc) is 2.27. The van der Waals surface area contributed by atoms with E-state index in [4.69, 9.17) is 5.11 Å². The molecule has 0 radical (unpaired) electrons. The molecule has 1 N–H and O–H groups in total. The van der Waals surface area contributed by atoms with Crippen LogP contribution in [0.2, 0.25) is 0 Å². The standard InChI is InChI=1S/C9H17NO6S/c1-5-7(8(11)12)10(3)17(14,15)6(2)9(13)16-4/h6-7H,5H2,1-4H3,(H,11,12). The van der Waals surface area contributed by atoms with Crippen LogP contribution in [0.3, 0.4) is 0 Å². The van der Waals surface area contributed by atoms with Crippen LogP contribution >= 0.6 is 0 Å². The molecule has 2 atom stereocenters. The monoisotopic (exact) mass is 267 g/mol. The maximum atomic E-state index is 11.9. The molecule has 0 fully saturated rings. The van der Waals surface area contributed by atoms with Gasteiger partial charge in [0.25, 0.3) is 0 Å². The number of methoxy groups -OCH3 is 1. The van der Waals surface area contributed by atoms with E-state index in [2.05, 4.69) is 4.74 Å². The summed E-state index contributed by atoms with van der Waals surface area (Å²) in [6.07, 6.45) is 0.110. The number of nitrogens with zero attached hydrogens (tertiary/aromatic N) is 1. The van der Waals surface area contributed by atoms with Crippen molar-refractivity contribution in [2.24, 2.45) is 0 Å². The number of aliphatic carboxylic acids is 1. The van der Waals surface area contributed by atoms with E-state index in [1.54, 1.807) is 6.92 Å². The number of ether oxygens (including phenoxy) is 1. The van der Waals surface area contributed by atoms with Gasteiger partial charge in [0.15, 0.2) is 5.25 Å². The summed E-state index contributed by atoms with van der Waals surface area (Å²) in [6.45, 7) is 2.71. The van der Waals surface area contributed by atoms with Crippen molar-refractivity contribution in [3.05, 3.63) is 0 Å². The summed E-state index contributed by atoms with van der Waals surface area (Å²) in [4.78, 5) is 22.0. The van der Waals surface area contributed by atoms with E-state index >= 15 is 0 Å². The number of esters is 1. The quantitative estimate of drug-likeness (QED) is 0.661. The lowest BCUT2D eigenvalue weighted by Gasteiger charge is -2.25. The molecule has 0 aliphatic heterocycles. The predicted molar refractivity (Wildman–Crippen MR) is 59.9 cm³/mol. The van der Waals surface area contributed by atoms with Crippen LogP contribution in [0.15, 0.2) is 0 Å². The Kier molecular flexibility index (Phi) is 5.56. The van der Waals surface area contributed by atoms with Crippen LogP contribution < -0.4 is 0 Å². The van der Waals surface area contributed by atoms with Crippen molar-refractivity contribution in [2.45, 2.75) is 31.6 Å². The largest absolute Gasteiger partial charge is 0.480 e. The molecule has 0 amide bonds. The molecular formula is C9H17NO6S. The van der Waals surface area contributed by atoms with Crippen LogP contribution in [0.1, 0.15) is 20.3 Å². The second-order valence-electron chi connectivity index (χ2n) is 3.49. The molecule has 0 spiro atoms. The van der Waals surface area contributed by atoms with Crippen molar-refractivity contribution in [2.75, 3.05) is 14.2 Å². The van der Waals surface area contributed by atoms with E-state index < -0.39 is 33.3 Å². The molecule has 7 nitrogen and oxygen atoms in total. The number of carbonyl (C=O) groups is 2. The van der Waals surface area contributed by atoms with Gasteiger partial charge in [-0.3, -0.25) is 9.59 Å². The molecule has 0 aliphatic rings. The van der Waals surface area contributed by atoms with E-state index in [9.17, 15) is 18.0 Å². The zero-order chi connectivity index (χ0) is 13.8. The lowest BCUT2D eigenvalue weighted by molar-refractivity contribution is -0.142. The molecule has 0 aromatic heterocycles. The zero-order valence-electron chi connectivity index (χ0n) is 10.2. The third-order valence-electron chi connectivity index (χ3n) is 2.49. The van der Waals surface area contributed by atoms with Crippen LogP contribution in [-0.4, -0.2) is 55.2 Å². The Bertz CT molecular complexity index is 390. The van der Waals surface area contributed by atoms with Crippen molar-refractivity contribution in [3.8, 4) is 0 Å². The van der Waals surface area contributed by atoms with Crippen molar-refractivity contribution in [1.82, 2.24) is 4.31 Å². The lowest BCUT2D eigenvalue weighted by atomic mass is 10.2. The molecule has 0 rings (SSSR count). The summed E-state index contributed by atoms with van der Waals surface area (Å²) in [5.41, 5.74) is 0. The van der Waals surface area contributed by atoms with Crippen LogP contribution in [-0.2, 0) is 24.3 Å². The second-order valence-corrected chi connectivity index (χ2v) is 5.80. The van der Waals surface area contributed by atoms with Gasteiger partial charge in [-0.15, -0.1) is 0 Å². The van der Waals surface area contributed by atoms with Crippen molar-refractivity contribution >= 4 is 22.0 Å². The highest BCUT2D eigenvalue weighted by molar-refractivity contribution is 7.90. The molecule has 100 valence electrons. The fourth-order valence-corrected chi connectivity index (χ4v) is 2.73.